The van der Waals surface area contributed by atoms with Crippen molar-refractivity contribution in [3.8, 4) is 33.8 Å². The molecule has 4 aromatic rings. The fourth-order valence-corrected chi connectivity index (χ4v) is 2.67. The molecule has 0 fully saturated rings. The van der Waals surface area contributed by atoms with Crippen molar-refractivity contribution in [3.63, 3.8) is 0 Å². The van der Waals surface area contributed by atoms with Gasteiger partial charge < -0.3 is 16.4 Å². The van der Waals surface area contributed by atoms with Crippen LogP contribution in [0.15, 0.2) is 109 Å². The highest BCUT2D eigenvalue weighted by Gasteiger charge is 2.01. The summed E-state index contributed by atoms with van der Waals surface area (Å²) >= 11 is 0. The number of benzene rings is 4. The summed E-state index contributed by atoms with van der Waals surface area (Å²) < 4.78 is 0. The van der Waals surface area contributed by atoms with Gasteiger partial charge in [-0.15, -0.1) is 0 Å². The molecule has 0 unspecified atom stereocenters. The van der Waals surface area contributed by atoms with Gasteiger partial charge in [0.05, 0.1) is 0 Å². The minimum Gasteiger partial charge on any atom is -0.507 e. The van der Waals surface area contributed by atoms with E-state index in [1.165, 1.54) is 0 Å². The summed E-state index contributed by atoms with van der Waals surface area (Å²) in [5.74, 6) is 0.655. The van der Waals surface area contributed by atoms with Crippen LogP contribution >= 0.6 is 0 Å². The SMILES string of the molecule is N.Oc1ccccc1-c1ccccc1.Oc1ccccc1-c1ccccc1. The fraction of sp³-hybridized carbons (Fsp3) is 0. The Morgan fingerprint density at radius 3 is 1.00 bits per heavy atom. The van der Waals surface area contributed by atoms with Crippen LogP contribution in [0.1, 0.15) is 0 Å². The highest BCUT2D eigenvalue weighted by molar-refractivity contribution is 5.70. The summed E-state index contributed by atoms with van der Waals surface area (Å²) in [6, 6.07) is 34.4. The van der Waals surface area contributed by atoms with Gasteiger partial charge in [-0.05, 0) is 23.3 Å². The second-order valence-electron chi connectivity index (χ2n) is 5.77. The van der Waals surface area contributed by atoms with E-state index in [2.05, 4.69) is 0 Å². The normalized spacial score (nSPS) is 9.48. The van der Waals surface area contributed by atoms with Gasteiger partial charge in [0.2, 0.25) is 0 Å². The maximum Gasteiger partial charge on any atom is 0.123 e. The number of para-hydroxylation sites is 2. The molecule has 0 aliphatic rings. The first-order valence-electron chi connectivity index (χ1n) is 8.42. The van der Waals surface area contributed by atoms with Gasteiger partial charge in [-0.1, -0.05) is 97.1 Å². The van der Waals surface area contributed by atoms with Crippen LogP contribution in [0.4, 0.5) is 0 Å². The van der Waals surface area contributed by atoms with Crippen LogP contribution in [0.2, 0.25) is 0 Å². The summed E-state index contributed by atoms with van der Waals surface area (Å²) in [5.41, 5.74) is 3.84. The number of hydrogen-bond acceptors (Lipinski definition) is 3. The number of phenols is 2. The zero-order valence-corrected chi connectivity index (χ0v) is 15.0. The van der Waals surface area contributed by atoms with Gasteiger partial charge in [0.15, 0.2) is 0 Å². The van der Waals surface area contributed by atoms with E-state index in [4.69, 9.17) is 0 Å². The van der Waals surface area contributed by atoms with Crippen molar-refractivity contribution in [1.29, 1.82) is 0 Å². The van der Waals surface area contributed by atoms with Crippen molar-refractivity contribution in [2.24, 2.45) is 0 Å². The Balaban J connectivity index is 0.000000187. The molecule has 0 amide bonds. The lowest BCUT2D eigenvalue weighted by Gasteiger charge is -2.02. The molecule has 3 heteroatoms. The molecule has 136 valence electrons. The van der Waals surface area contributed by atoms with E-state index in [-0.39, 0.29) is 6.15 Å². The van der Waals surface area contributed by atoms with Crippen molar-refractivity contribution in [1.82, 2.24) is 6.15 Å². The first-order chi connectivity index (χ1) is 12.8. The van der Waals surface area contributed by atoms with E-state index < -0.39 is 0 Å². The molecule has 0 radical (unpaired) electrons. The standard InChI is InChI=1S/2C12H10O.H3N/c2*13-12-9-5-4-8-11(12)10-6-2-1-3-7-10;/h2*1-9,13H;1H3. The first kappa shape index (κ1) is 19.8. The molecule has 4 aromatic carbocycles. The van der Waals surface area contributed by atoms with Gasteiger partial charge in [0.1, 0.15) is 11.5 Å². The van der Waals surface area contributed by atoms with Gasteiger partial charge in [0, 0.05) is 11.1 Å². The van der Waals surface area contributed by atoms with E-state index in [1.807, 2.05) is 97.1 Å². The highest BCUT2D eigenvalue weighted by atomic mass is 16.3. The molecule has 0 heterocycles. The van der Waals surface area contributed by atoms with Crippen LogP contribution in [-0.2, 0) is 0 Å². The van der Waals surface area contributed by atoms with Crippen LogP contribution in [0, 0.1) is 0 Å². The number of hydrogen-bond donors (Lipinski definition) is 3. The Morgan fingerprint density at radius 1 is 0.370 bits per heavy atom. The summed E-state index contributed by atoms with van der Waals surface area (Å²) in [6.07, 6.45) is 0. The summed E-state index contributed by atoms with van der Waals surface area (Å²) in [6.45, 7) is 0. The molecule has 0 aromatic heterocycles. The molecule has 5 N–H and O–H groups in total. The average molecular weight is 357 g/mol. The lowest BCUT2D eigenvalue weighted by atomic mass is 10.1. The third-order valence-corrected chi connectivity index (χ3v) is 3.98. The summed E-state index contributed by atoms with van der Waals surface area (Å²) in [7, 11) is 0. The van der Waals surface area contributed by atoms with Crippen molar-refractivity contribution >= 4 is 0 Å². The van der Waals surface area contributed by atoms with Gasteiger partial charge in [-0.25, -0.2) is 0 Å². The zero-order valence-electron chi connectivity index (χ0n) is 15.0. The second kappa shape index (κ2) is 9.80. The van der Waals surface area contributed by atoms with Crippen LogP contribution in [0.25, 0.3) is 22.3 Å². The lowest BCUT2D eigenvalue weighted by Crippen LogP contribution is -1.76. The minimum atomic E-state index is 0. The van der Waals surface area contributed by atoms with Gasteiger partial charge in [-0.2, -0.15) is 0 Å². The van der Waals surface area contributed by atoms with E-state index in [9.17, 15) is 10.2 Å². The molecule has 0 aliphatic carbocycles. The van der Waals surface area contributed by atoms with Crippen LogP contribution in [0.3, 0.4) is 0 Å². The number of aromatic hydroxyl groups is 2. The Labute approximate surface area is 159 Å². The molecule has 0 aliphatic heterocycles. The first-order valence-corrected chi connectivity index (χ1v) is 8.42. The van der Waals surface area contributed by atoms with Crippen LogP contribution in [0.5, 0.6) is 11.5 Å². The smallest absolute Gasteiger partial charge is 0.123 e. The molecule has 0 saturated heterocycles. The predicted octanol–water partition coefficient (Wildman–Crippen LogP) is 6.28. The maximum atomic E-state index is 9.56. The molecule has 27 heavy (non-hydrogen) atoms. The third kappa shape index (κ3) is 5.21. The maximum absolute atomic E-state index is 9.56. The topological polar surface area (TPSA) is 75.5 Å². The van der Waals surface area contributed by atoms with Gasteiger partial charge in [0.25, 0.3) is 0 Å². The van der Waals surface area contributed by atoms with Crippen molar-refractivity contribution in [2.45, 2.75) is 0 Å². The largest absolute Gasteiger partial charge is 0.507 e. The van der Waals surface area contributed by atoms with Crippen molar-refractivity contribution in [3.05, 3.63) is 109 Å². The Morgan fingerprint density at radius 2 is 0.667 bits per heavy atom. The third-order valence-electron chi connectivity index (χ3n) is 3.98. The Hall–Kier alpha value is -3.56. The molecular weight excluding hydrogens is 334 g/mol. The molecular formula is C24H23NO2. The second-order valence-corrected chi connectivity index (χ2v) is 5.77. The van der Waals surface area contributed by atoms with E-state index in [0.29, 0.717) is 11.5 Å². The van der Waals surface area contributed by atoms with Crippen molar-refractivity contribution < 1.29 is 10.2 Å². The van der Waals surface area contributed by atoms with Crippen LogP contribution < -0.4 is 6.15 Å². The minimum absolute atomic E-state index is 0. The Bertz CT molecular complexity index is 873. The fourth-order valence-electron chi connectivity index (χ4n) is 2.67. The van der Waals surface area contributed by atoms with Gasteiger partial charge in [-0.3, -0.25) is 0 Å². The predicted molar refractivity (Wildman–Crippen MR) is 112 cm³/mol. The zero-order chi connectivity index (χ0) is 18.2. The summed E-state index contributed by atoms with van der Waals surface area (Å²) in [4.78, 5) is 0. The Kier molecular flexibility index (Phi) is 7.17. The molecule has 4 rings (SSSR count). The molecule has 3 nitrogen and oxygen atoms in total. The van der Waals surface area contributed by atoms with E-state index in [1.54, 1.807) is 12.1 Å². The van der Waals surface area contributed by atoms with E-state index in [0.717, 1.165) is 22.3 Å². The van der Waals surface area contributed by atoms with Crippen LogP contribution in [-0.4, -0.2) is 10.2 Å². The van der Waals surface area contributed by atoms with E-state index >= 15 is 0 Å². The molecule has 0 bridgehead atoms. The number of phenolic OH excluding ortho intramolecular Hbond substituents is 2. The van der Waals surface area contributed by atoms with Gasteiger partial charge >= 0.3 is 0 Å². The quantitative estimate of drug-likeness (QED) is 0.395. The lowest BCUT2D eigenvalue weighted by molar-refractivity contribution is 0.477. The molecule has 0 saturated carbocycles. The van der Waals surface area contributed by atoms with Crippen molar-refractivity contribution in [2.75, 3.05) is 0 Å². The summed E-state index contributed by atoms with van der Waals surface area (Å²) in [5, 5.41) is 19.1. The monoisotopic (exact) mass is 357 g/mol. The molecule has 0 atom stereocenters. The molecule has 0 spiro atoms. The highest BCUT2D eigenvalue weighted by Crippen LogP contribution is 2.28. The number of rotatable bonds is 2. The average Bonchev–Trinajstić information content (AvgIpc) is 2.71.